The van der Waals surface area contributed by atoms with E-state index in [0.29, 0.717) is 12.1 Å². The lowest BCUT2D eigenvalue weighted by Gasteiger charge is -2.53. The van der Waals surface area contributed by atoms with Crippen molar-refractivity contribution in [2.24, 2.45) is 0 Å². The molecule has 2 fully saturated rings. The molecule has 2 bridgehead atoms. The topological polar surface area (TPSA) is 51.4 Å². The maximum atomic E-state index is 5.89. The van der Waals surface area contributed by atoms with Crippen LogP contribution in [0.4, 0.5) is 11.5 Å². The van der Waals surface area contributed by atoms with E-state index in [1.807, 2.05) is 12.1 Å². The highest BCUT2D eigenvalue weighted by molar-refractivity contribution is 5.65. The van der Waals surface area contributed by atoms with Crippen LogP contribution in [0, 0.1) is 0 Å². The second-order valence-corrected chi connectivity index (χ2v) is 3.90. The number of nitrogens with two attached hydrogens (primary N) is 1. The molecule has 0 saturated carbocycles. The number of ether oxygens (including phenoxy) is 1. The maximum absolute atomic E-state index is 5.89. The van der Waals surface area contributed by atoms with Crippen LogP contribution in [0.25, 0.3) is 0 Å². The highest BCUT2D eigenvalue weighted by Gasteiger charge is 2.43. The van der Waals surface area contributed by atoms with Crippen molar-refractivity contribution in [2.45, 2.75) is 18.5 Å². The standard InChI is InChI=1S/C10H13N3O/c11-9-2-1-3-12-10(9)13-7-4-8(13)6-14-5-7/h1-3,7-8H,4-6,11H2. The number of hydrogen-bond acceptors (Lipinski definition) is 4. The highest BCUT2D eigenvalue weighted by Crippen LogP contribution is 2.37. The number of nitrogen functional groups attached to an aromatic ring is 1. The molecule has 2 unspecified atom stereocenters. The molecule has 0 aliphatic carbocycles. The lowest BCUT2D eigenvalue weighted by molar-refractivity contribution is 0.00982. The molecule has 0 aromatic carbocycles. The Morgan fingerprint density at radius 2 is 2.21 bits per heavy atom. The number of aromatic nitrogens is 1. The summed E-state index contributed by atoms with van der Waals surface area (Å²) in [5.74, 6) is 0.928. The summed E-state index contributed by atoms with van der Waals surface area (Å²) in [6.45, 7) is 1.62. The first kappa shape index (κ1) is 8.05. The Labute approximate surface area is 82.7 Å². The van der Waals surface area contributed by atoms with Crippen molar-refractivity contribution in [3.63, 3.8) is 0 Å². The number of anilines is 2. The van der Waals surface area contributed by atoms with Gasteiger partial charge in [-0.2, -0.15) is 0 Å². The first-order chi connectivity index (χ1) is 6.86. The fourth-order valence-corrected chi connectivity index (χ4v) is 2.31. The lowest BCUT2D eigenvalue weighted by Crippen LogP contribution is -2.64. The lowest BCUT2D eigenvalue weighted by atomic mass is 9.91. The molecule has 4 heteroatoms. The van der Waals surface area contributed by atoms with E-state index in [9.17, 15) is 0 Å². The zero-order valence-corrected chi connectivity index (χ0v) is 7.89. The first-order valence-corrected chi connectivity index (χ1v) is 4.93. The Morgan fingerprint density at radius 3 is 2.86 bits per heavy atom. The molecule has 0 radical (unpaired) electrons. The molecule has 2 atom stereocenters. The number of morpholine rings is 1. The van der Waals surface area contributed by atoms with E-state index < -0.39 is 0 Å². The van der Waals surface area contributed by atoms with Crippen LogP contribution in [0.15, 0.2) is 18.3 Å². The summed E-state index contributed by atoms with van der Waals surface area (Å²) >= 11 is 0. The minimum atomic E-state index is 0.492. The summed E-state index contributed by atoms with van der Waals surface area (Å²) in [6, 6.07) is 4.75. The normalized spacial score (nSPS) is 29.9. The zero-order valence-electron chi connectivity index (χ0n) is 7.89. The molecular formula is C10H13N3O. The van der Waals surface area contributed by atoms with Gasteiger partial charge in [0.05, 0.1) is 31.0 Å². The van der Waals surface area contributed by atoms with Gasteiger partial charge in [0.25, 0.3) is 0 Å². The predicted molar refractivity (Wildman–Crippen MR) is 54.1 cm³/mol. The van der Waals surface area contributed by atoms with Crippen LogP contribution >= 0.6 is 0 Å². The molecule has 2 N–H and O–H groups in total. The molecule has 0 spiro atoms. The third kappa shape index (κ3) is 1.00. The van der Waals surface area contributed by atoms with E-state index in [0.717, 1.165) is 24.7 Å². The van der Waals surface area contributed by atoms with Crippen molar-refractivity contribution in [2.75, 3.05) is 23.8 Å². The fourth-order valence-electron chi connectivity index (χ4n) is 2.31. The quantitative estimate of drug-likeness (QED) is 0.707. The van der Waals surface area contributed by atoms with Crippen molar-refractivity contribution < 1.29 is 4.74 Å². The summed E-state index contributed by atoms with van der Waals surface area (Å²) in [4.78, 5) is 6.62. The Balaban J connectivity index is 1.93. The van der Waals surface area contributed by atoms with Crippen LogP contribution in [0.5, 0.6) is 0 Å². The molecule has 2 aliphatic rings. The van der Waals surface area contributed by atoms with Crippen LogP contribution in [-0.4, -0.2) is 30.3 Å². The van der Waals surface area contributed by atoms with Crippen LogP contribution in [0.1, 0.15) is 6.42 Å². The molecule has 2 aliphatic heterocycles. The van der Waals surface area contributed by atoms with Gasteiger partial charge >= 0.3 is 0 Å². The van der Waals surface area contributed by atoms with E-state index in [1.54, 1.807) is 6.20 Å². The minimum absolute atomic E-state index is 0.492. The average molecular weight is 191 g/mol. The van der Waals surface area contributed by atoms with E-state index in [4.69, 9.17) is 10.5 Å². The van der Waals surface area contributed by atoms with Gasteiger partial charge < -0.3 is 15.4 Å². The number of rotatable bonds is 1. The third-order valence-corrected chi connectivity index (χ3v) is 3.01. The molecule has 3 rings (SSSR count). The molecule has 14 heavy (non-hydrogen) atoms. The second-order valence-electron chi connectivity index (χ2n) is 3.90. The van der Waals surface area contributed by atoms with Gasteiger partial charge in [0.2, 0.25) is 0 Å². The summed E-state index contributed by atoms with van der Waals surface area (Å²) in [6.07, 6.45) is 3.01. The number of nitrogens with zero attached hydrogens (tertiary/aromatic N) is 2. The van der Waals surface area contributed by atoms with Gasteiger partial charge in [-0.15, -0.1) is 0 Å². The monoisotopic (exact) mass is 191 g/mol. The van der Waals surface area contributed by atoms with Crippen molar-refractivity contribution in [1.82, 2.24) is 4.98 Å². The van der Waals surface area contributed by atoms with Crippen LogP contribution in [0.2, 0.25) is 0 Å². The zero-order chi connectivity index (χ0) is 9.54. The Morgan fingerprint density at radius 1 is 1.43 bits per heavy atom. The molecule has 0 amide bonds. The van der Waals surface area contributed by atoms with Crippen molar-refractivity contribution in [1.29, 1.82) is 0 Å². The molecule has 4 nitrogen and oxygen atoms in total. The van der Waals surface area contributed by atoms with Crippen molar-refractivity contribution in [3.05, 3.63) is 18.3 Å². The Bertz CT molecular complexity index is 341. The first-order valence-electron chi connectivity index (χ1n) is 4.93. The molecular weight excluding hydrogens is 178 g/mol. The molecule has 74 valence electrons. The smallest absolute Gasteiger partial charge is 0.152 e. The molecule has 1 aromatic rings. The number of pyridine rings is 1. The van der Waals surface area contributed by atoms with Gasteiger partial charge in [-0.05, 0) is 18.6 Å². The van der Waals surface area contributed by atoms with Gasteiger partial charge in [-0.3, -0.25) is 0 Å². The summed E-state index contributed by atoms with van der Waals surface area (Å²) < 4.78 is 5.41. The number of fused-ring (bicyclic) bond motifs is 2. The molecule has 2 saturated heterocycles. The van der Waals surface area contributed by atoms with E-state index in [2.05, 4.69) is 9.88 Å². The van der Waals surface area contributed by atoms with E-state index in [1.165, 1.54) is 6.42 Å². The molecule has 3 heterocycles. The van der Waals surface area contributed by atoms with Gasteiger partial charge in [0.15, 0.2) is 5.82 Å². The van der Waals surface area contributed by atoms with Crippen LogP contribution in [-0.2, 0) is 4.74 Å². The molecule has 1 aromatic heterocycles. The van der Waals surface area contributed by atoms with Gasteiger partial charge in [0.1, 0.15) is 0 Å². The van der Waals surface area contributed by atoms with Crippen LogP contribution < -0.4 is 10.6 Å². The minimum Gasteiger partial charge on any atom is -0.396 e. The Kier molecular flexibility index (Phi) is 1.64. The largest absolute Gasteiger partial charge is 0.396 e. The van der Waals surface area contributed by atoms with E-state index >= 15 is 0 Å². The second kappa shape index (κ2) is 2.85. The highest BCUT2D eigenvalue weighted by atomic mass is 16.5. The summed E-state index contributed by atoms with van der Waals surface area (Å²) in [5.41, 5.74) is 6.66. The summed E-state index contributed by atoms with van der Waals surface area (Å²) in [5, 5.41) is 0. The average Bonchev–Trinajstić information content (AvgIpc) is 2.22. The maximum Gasteiger partial charge on any atom is 0.152 e. The number of hydrogen-bond donors (Lipinski definition) is 1. The van der Waals surface area contributed by atoms with Crippen molar-refractivity contribution in [3.8, 4) is 0 Å². The summed E-state index contributed by atoms with van der Waals surface area (Å²) in [7, 11) is 0. The SMILES string of the molecule is Nc1cccnc1N1C2COCC1C2. The van der Waals surface area contributed by atoms with Crippen LogP contribution in [0.3, 0.4) is 0 Å². The fraction of sp³-hybridized carbons (Fsp3) is 0.500. The third-order valence-electron chi connectivity index (χ3n) is 3.01. The van der Waals surface area contributed by atoms with Crippen molar-refractivity contribution >= 4 is 11.5 Å². The Hall–Kier alpha value is -1.29. The van der Waals surface area contributed by atoms with E-state index in [-0.39, 0.29) is 0 Å². The van der Waals surface area contributed by atoms with Gasteiger partial charge in [-0.1, -0.05) is 0 Å². The van der Waals surface area contributed by atoms with Gasteiger partial charge in [-0.25, -0.2) is 4.98 Å². The predicted octanol–water partition coefficient (Wildman–Crippen LogP) is 0.641. The van der Waals surface area contributed by atoms with Gasteiger partial charge in [0, 0.05) is 6.20 Å².